The van der Waals surface area contributed by atoms with Crippen LogP contribution in [0, 0.1) is 10.1 Å². The minimum atomic E-state index is -0.691. The molecule has 1 N–H and O–H groups in total. The lowest BCUT2D eigenvalue weighted by Gasteiger charge is -2.23. The van der Waals surface area contributed by atoms with Crippen LogP contribution in [0.1, 0.15) is 26.2 Å². The monoisotopic (exact) mass is 312 g/mol. The van der Waals surface area contributed by atoms with E-state index in [4.69, 9.17) is 4.74 Å². The molecule has 1 heterocycles. The average Bonchev–Trinajstić information content (AvgIpc) is 2.47. The molecule has 6 nitrogen and oxygen atoms in total. The Hall–Kier alpha value is -1.63. The smallest absolute Gasteiger partial charge is 0.311 e. The van der Waals surface area contributed by atoms with Gasteiger partial charge in [0.15, 0.2) is 5.75 Å². The number of nitro benzene ring substituents is 1. The van der Waals surface area contributed by atoms with Crippen molar-refractivity contribution in [2.75, 3.05) is 23.4 Å². The zero-order valence-electron chi connectivity index (χ0n) is 12.0. The summed E-state index contributed by atoms with van der Waals surface area (Å²) in [7, 11) is -0.691. The Balaban J connectivity index is 2.09. The first kappa shape index (κ1) is 15.8. The van der Waals surface area contributed by atoms with Crippen LogP contribution in [0.25, 0.3) is 0 Å². The van der Waals surface area contributed by atoms with Crippen LogP contribution in [-0.2, 0) is 10.8 Å². The zero-order valence-corrected chi connectivity index (χ0v) is 12.9. The second-order valence-electron chi connectivity index (χ2n) is 5.05. The summed E-state index contributed by atoms with van der Waals surface area (Å²) in [5.74, 6) is 1.72. The van der Waals surface area contributed by atoms with Crippen molar-refractivity contribution in [2.24, 2.45) is 0 Å². The first-order valence-electron chi connectivity index (χ1n) is 7.13. The van der Waals surface area contributed by atoms with Crippen molar-refractivity contribution in [3.05, 3.63) is 28.3 Å². The Morgan fingerprint density at radius 3 is 2.76 bits per heavy atom. The normalized spacial score (nSPS) is 21.8. The Bertz CT molecular complexity index is 526. The predicted molar refractivity (Wildman–Crippen MR) is 83.4 cm³/mol. The summed E-state index contributed by atoms with van der Waals surface area (Å²) in [5.41, 5.74) is 0.795. The summed E-state index contributed by atoms with van der Waals surface area (Å²) in [6.07, 6.45) is 2.51. The molecule has 1 aromatic rings. The fourth-order valence-electron chi connectivity index (χ4n) is 2.26. The van der Waals surface area contributed by atoms with Crippen LogP contribution in [0.4, 0.5) is 11.4 Å². The molecule has 0 unspecified atom stereocenters. The summed E-state index contributed by atoms with van der Waals surface area (Å²) in [6.45, 7) is 2.41. The number of anilines is 1. The number of hydrogen-bond acceptors (Lipinski definition) is 5. The van der Waals surface area contributed by atoms with E-state index in [1.807, 2.05) is 6.92 Å². The molecule has 0 amide bonds. The number of rotatable bonds is 6. The van der Waals surface area contributed by atoms with Crippen molar-refractivity contribution in [1.29, 1.82) is 0 Å². The van der Waals surface area contributed by atoms with Crippen molar-refractivity contribution in [2.45, 2.75) is 32.2 Å². The first-order valence-corrected chi connectivity index (χ1v) is 8.61. The Labute approximate surface area is 126 Å². The SMILES string of the molecule is CCCOc1cc(NC2CCS(=O)CC2)ccc1[N+](=O)[O-]. The summed E-state index contributed by atoms with van der Waals surface area (Å²) >= 11 is 0. The van der Waals surface area contributed by atoms with Gasteiger partial charge < -0.3 is 10.1 Å². The molecule has 1 aliphatic rings. The van der Waals surface area contributed by atoms with Crippen molar-refractivity contribution >= 4 is 22.2 Å². The van der Waals surface area contributed by atoms with Crippen molar-refractivity contribution in [1.82, 2.24) is 0 Å². The van der Waals surface area contributed by atoms with Crippen molar-refractivity contribution in [3.8, 4) is 5.75 Å². The van der Waals surface area contributed by atoms with Crippen LogP contribution in [0.3, 0.4) is 0 Å². The summed E-state index contributed by atoms with van der Waals surface area (Å²) in [5, 5.41) is 14.3. The van der Waals surface area contributed by atoms with Gasteiger partial charge in [0.25, 0.3) is 0 Å². The molecule has 21 heavy (non-hydrogen) atoms. The van der Waals surface area contributed by atoms with Crippen LogP contribution in [-0.4, -0.2) is 33.3 Å². The van der Waals surface area contributed by atoms with Gasteiger partial charge in [0.1, 0.15) is 0 Å². The van der Waals surface area contributed by atoms with Gasteiger partial charge in [-0.15, -0.1) is 0 Å². The largest absolute Gasteiger partial charge is 0.487 e. The molecule has 0 bridgehead atoms. The zero-order chi connectivity index (χ0) is 15.2. The lowest BCUT2D eigenvalue weighted by Crippen LogP contribution is -2.29. The molecule has 1 fully saturated rings. The maximum absolute atomic E-state index is 11.3. The molecular weight excluding hydrogens is 292 g/mol. The van der Waals surface area contributed by atoms with Crippen LogP contribution in [0.2, 0.25) is 0 Å². The molecule has 0 radical (unpaired) electrons. The molecule has 1 aliphatic heterocycles. The van der Waals surface area contributed by atoms with Gasteiger partial charge in [0.2, 0.25) is 0 Å². The summed E-state index contributed by atoms with van der Waals surface area (Å²) < 4.78 is 16.8. The van der Waals surface area contributed by atoms with E-state index in [1.54, 1.807) is 12.1 Å². The highest BCUT2D eigenvalue weighted by Gasteiger charge is 2.20. The molecule has 1 aromatic carbocycles. The fourth-order valence-corrected chi connectivity index (χ4v) is 3.56. The lowest BCUT2D eigenvalue weighted by molar-refractivity contribution is -0.385. The molecule has 0 saturated carbocycles. The minimum absolute atomic E-state index is 0.0150. The van der Waals surface area contributed by atoms with E-state index in [2.05, 4.69) is 5.32 Å². The third-order valence-corrected chi connectivity index (χ3v) is 4.76. The second-order valence-corrected chi connectivity index (χ2v) is 6.75. The van der Waals surface area contributed by atoms with E-state index < -0.39 is 15.7 Å². The third-order valence-electron chi connectivity index (χ3n) is 3.38. The highest BCUT2D eigenvalue weighted by Crippen LogP contribution is 2.31. The minimum Gasteiger partial charge on any atom is -0.487 e. The van der Waals surface area contributed by atoms with Gasteiger partial charge in [0.05, 0.1) is 11.5 Å². The van der Waals surface area contributed by atoms with Gasteiger partial charge in [-0.1, -0.05) is 6.92 Å². The quantitative estimate of drug-likeness (QED) is 0.645. The Kier molecular flexibility index (Phi) is 5.55. The van der Waals surface area contributed by atoms with E-state index in [1.165, 1.54) is 6.07 Å². The van der Waals surface area contributed by atoms with Crippen molar-refractivity contribution in [3.63, 3.8) is 0 Å². The number of benzene rings is 1. The van der Waals surface area contributed by atoms with E-state index in [-0.39, 0.29) is 11.7 Å². The van der Waals surface area contributed by atoms with Gasteiger partial charge in [-0.2, -0.15) is 0 Å². The number of ether oxygens (including phenoxy) is 1. The third kappa shape index (κ3) is 4.42. The van der Waals surface area contributed by atoms with E-state index in [0.717, 1.165) is 24.9 Å². The van der Waals surface area contributed by atoms with Gasteiger partial charge in [-0.25, -0.2) is 0 Å². The highest BCUT2D eigenvalue weighted by atomic mass is 32.2. The molecular formula is C14H20N2O4S. The number of nitrogens with one attached hydrogen (secondary N) is 1. The number of hydrogen-bond donors (Lipinski definition) is 1. The van der Waals surface area contributed by atoms with Gasteiger partial charge in [0, 0.05) is 46.2 Å². The predicted octanol–water partition coefficient (Wildman–Crippen LogP) is 2.71. The van der Waals surface area contributed by atoms with Crippen LogP contribution < -0.4 is 10.1 Å². The summed E-state index contributed by atoms with van der Waals surface area (Å²) in [6, 6.07) is 5.11. The Morgan fingerprint density at radius 2 is 2.14 bits per heavy atom. The average molecular weight is 312 g/mol. The molecule has 0 aliphatic carbocycles. The van der Waals surface area contributed by atoms with E-state index >= 15 is 0 Å². The molecule has 0 atom stereocenters. The van der Waals surface area contributed by atoms with Gasteiger partial charge in [-0.3, -0.25) is 14.3 Å². The first-order chi connectivity index (χ1) is 10.1. The van der Waals surface area contributed by atoms with Crippen LogP contribution >= 0.6 is 0 Å². The van der Waals surface area contributed by atoms with E-state index in [9.17, 15) is 14.3 Å². The molecule has 0 aromatic heterocycles. The van der Waals surface area contributed by atoms with Gasteiger partial charge >= 0.3 is 5.69 Å². The molecule has 7 heteroatoms. The topological polar surface area (TPSA) is 81.5 Å². The molecule has 116 valence electrons. The standard InChI is InChI=1S/C14H20N2O4S/c1-2-7-20-14-10-12(3-4-13(14)16(17)18)15-11-5-8-21(19)9-6-11/h3-4,10-11,15H,2,5-9H2,1H3. The molecule has 0 spiro atoms. The lowest BCUT2D eigenvalue weighted by atomic mass is 10.1. The fraction of sp³-hybridized carbons (Fsp3) is 0.571. The van der Waals surface area contributed by atoms with Crippen molar-refractivity contribution < 1.29 is 13.9 Å². The van der Waals surface area contributed by atoms with Crippen LogP contribution in [0.15, 0.2) is 18.2 Å². The maximum atomic E-state index is 11.3. The number of nitro groups is 1. The van der Waals surface area contributed by atoms with Crippen LogP contribution in [0.5, 0.6) is 5.75 Å². The Morgan fingerprint density at radius 1 is 1.43 bits per heavy atom. The van der Waals surface area contributed by atoms with Gasteiger partial charge in [-0.05, 0) is 25.3 Å². The van der Waals surface area contributed by atoms with E-state index in [0.29, 0.717) is 23.9 Å². The number of nitrogens with zero attached hydrogens (tertiary/aromatic N) is 1. The second kappa shape index (κ2) is 7.40. The highest BCUT2D eigenvalue weighted by molar-refractivity contribution is 7.85. The molecule has 2 rings (SSSR count). The summed E-state index contributed by atoms with van der Waals surface area (Å²) in [4.78, 5) is 10.6. The molecule has 1 saturated heterocycles. The maximum Gasteiger partial charge on any atom is 0.311 e.